The van der Waals surface area contributed by atoms with Crippen LogP contribution < -0.4 is 10.6 Å². The highest BCUT2D eigenvalue weighted by Crippen LogP contribution is 2.21. The van der Waals surface area contributed by atoms with E-state index in [2.05, 4.69) is 17.6 Å². The molecule has 0 bridgehead atoms. The van der Waals surface area contributed by atoms with Gasteiger partial charge in [-0.3, -0.25) is 4.79 Å². The third-order valence-electron chi connectivity index (χ3n) is 3.31. The summed E-state index contributed by atoms with van der Waals surface area (Å²) in [5, 5.41) is 6.41. The molecule has 2 unspecified atom stereocenters. The van der Waals surface area contributed by atoms with Crippen LogP contribution in [-0.4, -0.2) is 24.5 Å². The molecule has 2 atom stereocenters. The van der Waals surface area contributed by atoms with Gasteiger partial charge in [0.15, 0.2) is 0 Å². The quantitative estimate of drug-likeness (QED) is 0.658. The summed E-state index contributed by atoms with van der Waals surface area (Å²) in [4.78, 5) is 11.7. The zero-order valence-corrected chi connectivity index (χ0v) is 8.18. The molecule has 2 N–H and O–H groups in total. The van der Waals surface area contributed by atoms with Crippen molar-refractivity contribution < 1.29 is 4.79 Å². The number of hydrogen-bond donors (Lipinski definition) is 2. The Morgan fingerprint density at radius 1 is 1.38 bits per heavy atom. The van der Waals surface area contributed by atoms with Crippen LogP contribution in [0.4, 0.5) is 0 Å². The van der Waals surface area contributed by atoms with Crippen LogP contribution in [0.3, 0.4) is 0 Å². The Labute approximate surface area is 79.3 Å². The molecule has 13 heavy (non-hydrogen) atoms. The Morgan fingerprint density at radius 2 is 2.15 bits per heavy atom. The summed E-state index contributed by atoms with van der Waals surface area (Å²) in [6.07, 6.45) is 4.64. The van der Waals surface area contributed by atoms with Gasteiger partial charge in [-0.2, -0.15) is 0 Å². The minimum atomic E-state index is 0.209. The predicted molar refractivity (Wildman–Crippen MR) is 51.4 cm³/mol. The van der Waals surface area contributed by atoms with Crippen molar-refractivity contribution in [2.45, 2.75) is 44.7 Å². The predicted octanol–water partition coefficient (Wildman–Crippen LogP) is 0.653. The maximum atomic E-state index is 11.7. The van der Waals surface area contributed by atoms with Crippen LogP contribution in [0.2, 0.25) is 0 Å². The highest BCUT2D eigenvalue weighted by atomic mass is 16.2. The highest BCUT2D eigenvalue weighted by molar-refractivity contribution is 5.80. The largest absolute Gasteiger partial charge is 0.353 e. The second kappa shape index (κ2) is 3.66. The van der Waals surface area contributed by atoms with Gasteiger partial charge in [0.1, 0.15) is 0 Å². The molecule has 0 aromatic heterocycles. The minimum Gasteiger partial charge on any atom is -0.353 e. The molecule has 1 aliphatic heterocycles. The number of rotatable bonds is 2. The lowest BCUT2D eigenvalue weighted by Gasteiger charge is -2.28. The van der Waals surface area contributed by atoms with Crippen molar-refractivity contribution in [2.75, 3.05) is 6.54 Å². The van der Waals surface area contributed by atoms with Gasteiger partial charge in [-0.05, 0) is 39.2 Å². The molecule has 1 saturated heterocycles. The Bertz CT molecular complexity index is 201. The van der Waals surface area contributed by atoms with Crippen molar-refractivity contribution in [1.29, 1.82) is 0 Å². The zero-order chi connectivity index (χ0) is 9.26. The number of amides is 1. The monoisotopic (exact) mass is 182 g/mol. The number of hydrogen-bond acceptors (Lipinski definition) is 2. The van der Waals surface area contributed by atoms with Gasteiger partial charge < -0.3 is 10.6 Å². The Morgan fingerprint density at radius 3 is 2.62 bits per heavy atom. The van der Waals surface area contributed by atoms with Gasteiger partial charge in [0, 0.05) is 12.1 Å². The van der Waals surface area contributed by atoms with Crippen molar-refractivity contribution in [3.8, 4) is 0 Å². The second-order valence-electron chi connectivity index (χ2n) is 4.27. The molecule has 2 aliphatic rings. The van der Waals surface area contributed by atoms with Crippen molar-refractivity contribution in [2.24, 2.45) is 5.92 Å². The lowest BCUT2D eigenvalue weighted by atomic mass is 9.91. The molecular formula is C10H18N2O. The van der Waals surface area contributed by atoms with E-state index in [1.165, 1.54) is 19.3 Å². The summed E-state index contributed by atoms with van der Waals surface area (Å²) < 4.78 is 0. The van der Waals surface area contributed by atoms with Gasteiger partial charge in [0.2, 0.25) is 5.91 Å². The van der Waals surface area contributed by atoms with Crippen LogP contribution in [-0.2, 0) is 4.79 Å². The highest BCUT2D eigenvalue weighted by Gasteiger charge is 2.31. The SMILES string of the molecule is CC1NCCC1C(=O)NC1CCC1. The van der Waals surface area contributed by atoms with E-state index in [9.17, 15) is 4.79 Å². The maximum Gasteiger partial charge on any atom is 0.224 e. The first-order chi connectivity index (χ1) is 6.27. The fourth-order valence-corrected chi connectivity index (χ4v) is 2.08. The van der Waals surface area contributed by atoms with E-state index >= 15 is 0 Å². The molecule has 0 aromatic carbocycles. The first-order valence-electron chi connectivity index (χ1n) is 5.31. The molecule has 3 heteroatoms. The summed E-state index contributed by atoms with van der Waals surface area (Å²) in [6.45, 7) is 3.09. The molecule has 1 saturated carbocycles. The van der Waals surface area contributed by atoms with Gasteiger partial charge in [-0.15, -0.1) is 0 Å². The Kier molecular flexibility index (Phi) is 2.54. The lowest BCUT2D eigenvalue weighted by Crippen LogP contribution is -2.44. The molecule has 74 valence electrons. The lowest BCUT2D eigenvalue weighted by molar-refractivity contribution is -0.126. The average Bonchev–Trinajstić information content (AvgIpc) is 2.43. The normalized spacial score (nSPS) is 34.2. The molecule has 0 spiro atoms. The van der Waals surface area contributed by atoms with Crippen LogP contribution in [0.5, 0.6) is 0 Å². The fourth-order valence-electron chi connectivity index (χ4n) is 2.08. The summed E-state index contributed by atoms with van der Waals surface area (Å²) in [5.74, 6) is 0.475. The van der Waals surface area contributed by atoms with Crippen molar-refractivity contribution in [3.63, 3.8) is 0 Å². The van der Waals surface area contributed by atoms with Gasteiger partial charge in [0.05, 0.1) is 5.92 Å². The van der Waals surface area contributed by atoms with Crippen molar-refractivity contribution in [1.82, 2.24) is 10.6 Å². The Balaban J connectivity index is 1.81. The number of carbonyl (C=O) groups excluding carboxylic acids is 1. The standard InChI is InChI=1S/C10H18N2O/c1-7-9(5-6-11-7)10(13)12-8-3-2-4-8/h7-9,11H,2-6H2,1H3,(H,12,13). The topological polar surface area (TPSA) is 41.1 Å². The van der Waals surface area contributed by atoms with E-state index in [0.717, 1.165) is 13.0 Å². The van der Waals surface area contributed by atoms with E-state index in [1.807, 2.05) is 0 Å². The maximum absolute atomic E-state index is 11.7. The van der Waals surface area contributed by atoms with E-state index in [4.69, 9.17) is 0 Å². The van der Waals surface area contributed by atoms with Crippen molar-refractivity contribution >= 4 is 5.91 Å². The van der Waals surface area contributed by atoms with Gasteiger partial charge in [-0.1, -0.05) is 0 Å². The minimum absolute atomic E-state index is 0.209. The molecule has 3 nitrogen and oxygen atoms in total. The first kappa shape index (κ1) is 9.00. The molecule has 1 aliphatic carbocycles. The molecule has 2 rings (SSSR count). The van der Waals surface area contributed by atoms with Gasteiger partial charge in [0.25, 0.3) is 0 Å². The van der Waals surface area contributed by atoms with Crippen LogP contribution in [0.1, 0.15) is 32.6 Å². The third kappa shape index (κ3) is 1.85. The van der Waals surface area contributed by atoms with Crippen LogP contribution in [0.25, 0.3) is 0 Å². The van der Waals surface area contributed by atoms with Crippen LogP contribution in [0.15, 0.2) is 0 Å². The van der Waals surface area contributed by atoms with Gasteiger partial charge >= 0.3 is 0 Å². The summed E-state index contributed by atoms with van der Waals surface area (Å²) in [7, 11) is 0. The van der Waals surface area contributed by atoms with E-state index in [-0.39, 0.29) is 11.8 Å². The molecule has 2 fully saturated rings. The third-order valence-corrected chi connectivity index (χ3v) is 3.31. The van der Waals surface area contributed by atoms with Crippen molar-refractivity contribution in [3.05, 3.63) is 0 Å². The zero-order valence-electron chi connectivity index (χ0n) is 8.18. The Hall–Kier alpha value is -0.570. The second-order valence-corrected chi connectivity index (χ2v) is 4.27. The molecule has 0 radical (unpaired) electrons. The molecular weight excluding hydrogens is 164 g/mol. The summed E-state index contributed by atoms with van der Waals surface area (Å²) in [6, 6.07) is 0.848. The van der Waals surface area contributed by atoms with E-state index < -0.39 is 0 Å². The molecule has 1 heterocycles. The number of carbonyl (C=O) groups is 1. The van der Waals surface area contributed by atoms with Crippen LogP contribution >= 0.6 is 0 Å². The van der Waals surface area contributed by atoms with E-state index in [1.54, 1.807) is 0 Å². The molecule has 1 amide bonds. The smallest absolute Gasteiger partial charge is 0.224 e. The summed E-state index contributed by atoms with van der Waals surface area (Å²) >= 11 is 0. The first-order valence-corrected chi connectivity index (χ1v) is 5.31. The molecule has 0 aromatic rings. The summed E-state index contributed by atoms with van der Waals surface area (Å²) in [5.41, 5.74) is 0. The van der Waals surface area contributed by atoms with E-state index in [0.29, 0.717) is 12.1 Å². The number of nitrogens with one attached hydrogen (secondary N) is 2. The van der Waals surface area contributed by atoms with Gasteiger partial charge in [-0.25, -0.2) is 0 Å². The average molecular weight is 182 g/mol. The van der Waals surface area contributed by atoms with Crippen LogP contribution in [0, 0.1) is 5.92 Å². The fraction of sp³-hybridized carbons (Fsp3) is 0.900.